The molecule has 3 aliphatic rings. The van der Waals surface area contributed by atoms with E-state index in [1.807, 2.05) is 6.08 Å². The van der Waals surface area contributed by atoms with Crippen molar-refractivity contribution in [2.45, 2.75) is 291 Å². The van der Waals surface area contributed by atoms with Crippen molar-refractivity contribution in [1.29, 1.82) is 0 Å². The van der Waals surface area contributed by atoms with Crippen molar-refractivity contribution >= 4 is 5.91 Å². The molecule has 0 saturated carbocycles. The Bertz CT molecular complexity index is 2190. The van der Waals surface area contributed by atoms with Gasteiger partial charge in [0.05, 0.1) is 38.6 Å². The number of hydrogen-bond acceptors (Lipinski definition) is 18. The summed E-state index contributed by atoms with van der Waals surface area (Å²) < 4.78 is 34.3. The highest BCUT2D eigenvalue weighted by Gasteiger charge is 2.53. The van der Waals surface area contributed by atoms with Crippen molar-refractivity contribution in [3.05, 3.63) is 134 Å². The standard InChI is InChI=1S/C73H119NO18/c1-3-5-7-9-11-13-15-17-19-21-22-23-24-25-26-27-28-29-30-31-32-33-34-35-37-39-41-43-45-47-49-51-61(79)74-56(57(78)50-48-46-44-42-40-38-36-20-18-16-14-12-10-8-6-4-2)55-87-71-67(85)64(82)69(59(53-76)89-71)92-73-68(86)65(83)70(60(54-77)90-73)91-72-66(84)63(81)62(80)58(52-75)88-72/h5,7,11,13,17,19,22-23,25-26,28-29,31-32,34-35,39-42,48,50,56-60,62-73,75-78,80-86H,3-4,6,8-10,12,14-16,18,20-21,24,27,30,33,36-38,43-47,49,51-55H2,1-2H3,(H,74,79)/b7-5-,13-11-,19-17-,23-22-,26-25-,29-28-,32-31-,35-34-,41-39-,42-40+,50-48+. The summed E-state index contributed by atoms with van der Waals surface area (Å²) in [6, 6.07) is -1.02. The van der Waals surface area contributed by atoms with Crippen LogP contribution in [0.5, 0.6) is 0 Å². The molecule has 3 heterocycles. The monoisotopic (exact) mass is 1300 g/mol. The maximum absolute atomic E-state index is 13.4. The first kappa shape index (κ1) is 82.2. The zero-order chi connectivity index (χ0) is 66.8. The van der Waals surface area contributed by atoms with Crippen molar-refractivity contribution in [1.82, 2.24) is 5.32 Å². The third kappa shape index (κ3) is 34.6. The minimum absolute atomic E-state index is 0.186. The molecule has 0 radical (unpaired) electrons. The molecule has 17 atom stereocenters. The van der Waals surface area contributed by atoms with Crippen LogP contribution in [0, 0.1) is 0 Å². The smallest absolute Gasteiger partial charge is 0.220 e. The van der Waals surface area contributed by atoms with E-state index >= 15 is 0 Å². The van der Waals surface area contributed by atoms with Crippen LogP contribution in [0.3, 0.4) is 0 Å². The number of unbranched alkanes of at least 4 members (excludes halogenated alkanes) is 14. The summed E-state index contributed by atoms with van der Waals surface area (Å²) in [5.41, 5.74) is 0. The SMILES string of the molecule is CC/C=C\C/C=C\C/C=C\C/C=C\C/C=C\C/C=C\C/C=C\C/C=C\C/C=C\CCCCCC(=O)NC(COC1OC(CO)C(OC2OC(CO)C(OC3OC(CO)C(O)C(O)C3O)C(O)C2O)C(O)C1O)C(O)/C=C/CC/C=C/CCCCCCCCCCCC. The Morgan fingerprint density at radius 2 is 0.761 bits per heavy atom. The van der Waals surface area contributed by atoms with E-state index in [-0.39, 0.29) is 12.3 Å². The van der Waals surface area contributed by atoms with E-state index in [4.69, 9.17) is 28.4 Å². The van der Waals surface area contributed by atoms with Crippen LogP contribution in [0.4, 0.5) is 0 Å². The number of aliphatic hydroxyl groups is 11. The van der Waals surface area contributed by atoms with Crippen LogP contribution in [0.2, 0.25) is 0 Å². The molecular weight excluding hydrogens is 1180 g/mol. The molecule has 19 heteroatoms. The largest absolute Gasteiger partial charge is 0.394 e. The van der Waals surface area contributed by atoms with Gasteiger partial charge in [0, 0.05) is 6.42 Å². The minimum atomic E-state index is -1.99. The summed E-state index contributed by atoms with van der Waals surface area (Å²) in [4.78, 5) is 13.4. The lowest BCUT2D eigenvalue weighted by Crippen LogP contribution is -2.66. The number of allylic oxidation sites excluding steroid dienone is 21. The summed E-state index contributed by atoms with van der Waals surface area (Å²) in [6.07, 6.45) is 47.1. The Balaban J connectivity index is 1.45. The first-order chi connectivity index (χ1) is 44.8. The summed E-state index contributed by atoms with van der Waals surface area (Å²) in [7, 11) is 0. The average Bonchev–Trinajstić information content (AvgIpc) is 0.834. The van der Waals surface area contributed by atoms with Crippen molar-refractivity contribution < 1.29 is 89.4 Å². The third-order valence-corrected chi connectivity index (χ3v) is 16.2. The maximum atomic E-state index is 13.4. The molecule has 0 aromatic carbocycles. The molecule has 524 valence electrons. The highest BCUT2D eigenvalue weighted by Crippen LogP contribution is 2.33. The van der Waals surface area contributed by atoms with Crippen LogP contribution in [0.25, 0.3) is 0 Å². The second kappa shape index (κ2) is 53.1. The van der Waals surface area contributed by atoms with Crippen molar-refractivity contribution in [2.24, 2.45) is 0 Å². The predicted molar refractivity (Wildman–Crippen MR) is 359 cm³/mol. The molecule has 0 bridgehead atoms. The van der Waals surface area contributed by atoms with Crippen LogP contribution >= 0.6 is 0 Å². The van der Waals surface area contributed by atoms with Crippen LogP contribution in [0.15, 0.2) is 134 Å². The topological polar surface area (TPSA) is 307 Å². The zero-order valence-corrected chi connectivity index (χ0v) is 55.2. The highest BCUT2D eigenvalue weighted by molar-refractivity contribution is 5.76. The second-order valence-corrected chi connectivity index (χ2v) is 23.9. The number of amides is 1. The molecule has 19 nitrogen and oxygen atoms in total. The first-order valence-electron chi connectivity index (χ1n) is 34.4. The van der Waals surface area contributed by atoms with Gasteiger partial charge < -0.3 is 89.9 Å². The summed E-state index contributed by atoms with van der Waals surface area (Å²) in [5.74, 6) is -0.324. The van der Waals surface area contributed by atoms with Gasteiger partial charge in [-0.25, -0.2) is 0 Å². The lowest BCUT2D eigenvalue weighted by Gasteiger charge is -2.48. The van der Waals surface area contributed by atoms with Gasteiger partial charge in [0.25, 0.3) is 0 Å². The van der Waals surface area contributed by atoms with Gasteiger partial charge >= 0.3 is 0 Å². The molecule has 12 N–H and O–H groups in total. The predicted octanol–water partition coefficient (Wildman–Crippen LogP) is 8.99. The number of hydrogen-bond donors (Lipinski definition) is 12. The summed E-state index contributed by atoms with van der Waals surface area (Å²) in [5, 5.41) is 120. The number of carbonyl (C=O) groups excluding carboxylic acids is 1. The van der Waals surface area contributed by atoms with Gasteiger partial charge in [-0.15, -0.1) is 0 Å². The van der Waals surface area contributed by atoms with Crippen molar-refractivity contribution in [3.8, 4) is 0 Å². The lowest BCUT2D eigenvalue weighted by atomic mass is 9.96. The van der Waals surface area contributed by atoms with Crippen molar-refractivity contribution in [3.63, 3.8) is 0 Å². The fraction of sp³-hybridized carbons (Fsp3) is 0.685. The van der Waals surface area contributed by atoms with E-state index < -0.39 is 131 Å². The lowest BCUT2D eigenvalue weighted by molar-refractivity contribution is -0.379. The van der Waals surface area contributed by atoms with Gasteiger partial charge in [0.15, 0.2) is 18.9 Å². The van der Waals surface area contributed by atoms with Gasteiger partial charge in [-0.2, -0.15) is 0 Å². The molecule has 0 aromatic rings. The van der Waals surface area contributed by atoms with Gasteiger partial charge in [-0.3, -0.25) is 4.79 Å². The minimum Gasteiger partial charge on any atom is -0.394 e. The number of carbonyl (C=O) groups is 1. The molecule has 3 rings (SSSR count). The van der Waals surface area contributed by atoms with E-state index in [1.54, 1.807) is 6.08 Å². The molecule has 0 spiro atoms. The van der Waals surface area contributed by atoms with E-state index in [0.29, 0.717) is 12.8 Å². The fourth-order valence-corrected chi connectivity index (χ4v) is 10.6. The Morgan fingerprint density at radius 1 is 0.402 bits per heavy atom. The van der Waals surface area contributed by atoms with Gasteiger partial charge in [0.2, 0.25) is 5.91 Å². The molecule has 3 aliphatic heterocycles. The molecule has 1 amide bonds. The van der Waals surface area contributed by atoms with Crippen LogP contribution < -0.4 is 5.32 Å². The van der Waals surface area contributed by atoms with Gasteiger partial charge in [-0.05, 0) is 103 Å². The van der Waals surface area contributed by atoms with E-state index in [2.05, 4.69) is 141 Å². The van der Waals surface area contributed by atoms with E-state index in [1.165, 1.54) is 57.8 Å². The molecule has 17 unspecified atom stereocenters. The molecule has 92 heavy (non-hydrogen) atoms. The van der Waals surface area contributed by atoms with Gasteiger partial charge in [0.1, 0.15) is 73.2 Å². The zero-order valence-electron chi connectivity index (χ0n) is 55.2. The number of aliphatic hydroxyl groups excluding tert-OH is 11. The Morgan fingerprint density at radius 3 is 1.22 bits per heavy atom. The first-order valence-corrected chi connectivity index (χ1v) is 34.4. The molecule has 0 aromatic heterocycles. The fourth-order valence-electron chi connectivity index (χ4n) is 10.6. The van der Waals surface area contributed by atoms with Crippen LogP contribution in [-0.2, 0) is 33.2 Å². The Kier molecular flexibility index (Phi) is 47.4. The molecular formula is C73H119NO18. The Labute approximate surface area is 550 Å². The molecule has 3 fully saturated rings. The molecule has 0 aliphatic carbocycles. The normalized spacial score (nSPS) is 28.6. The Hall–Kier alpha value is -4.07. The quantitative estimate of drug-likeness (QED) is 0.0200. The van der Waals surface area contributed by atoms with Gasteiger partial charge in [-0.1, -0.05) is 212 Å². The van der Waals surface area contributed by atoms with Crippen LogP contribution in [0.1, 0.15) is 187 Å². The van der Waals surface area contributed by atoms with E-state index in [9.17, 15) is 61.0 Å². The number of rotatable bonds is 50. The maximum Gasteiger partial charge on any atom is 0.220 e. The number of nitrogens with one attached hydrogen (secondary N) is 1. The van der Waals surface area contributed by atoms with E-state index in [0.717, 1.165) is 96.3 Å². The average molecular weight is 1300 g/mol. The van der Waals surface area contributed by atoms with Crippen molar-refractivity contribution in [2.75, 3.05) is 26.4 Å². The molecule has 3 saturated heterocycles. The second-order valence-electron chi connectivity index (χ2n) is 23.9. The third-order valence-electron chi connectivity index (χ3n) is 16.2. The van der Waals surface area contributed by atoms with Crippen LogP contribution in [-0.4, -0.2) is 193 Å². The summed E-state index contributed by atoms with van der Waals surface area (Å²) >= 11 is 0. The highest BCUT2D eigenvalue weighted by atomic mass is 16.8. The number of ether oxygens (including phenoxy) is 6. The summed E-state index contributed by atoms with van der Waals surface area (Å²) in [6.45, 7) is 1.54.